The SMILES string of the molecule is CCCC1CC1(N)c1cnccc1C. The minimum atomic E-state index is -0.0612. The van der Waals surface area contributed by atoms with Crippen molar-refractivity contribution in [3.63, 3.8) is 0 Å². The smallest absolute Gasteiger partial charge is 0.0460 e. The number of aromatic nitrogens is 1. The van der Waals surface area contributed by atoms with Gasteiger partial charge in [-0.15, -0.1) is 0 Å². The third kappa shape index (κ3) is 1.44. The van der Waals surface area contributed by atoms with Crippen LogP contribution in [0.1, 0.15) is 37.3 Å². The molecule has 0 bridgehead atoms. The molecule has 1 saturated carbocycles. The Hall–Kier alpha value is -0.890. The second-order valence-electron chi connectivity index (χ2n) is 4.42. The molecule has 2 atom stereocenters. The van der Waals surface area contributed by atoms with E-state index in [-0.39, 0.29) is 5.54 Å². The first-order valence-electron chi connectivity index (χ1n) is 5.38. The van der Waals surface area contributed by atoms with E-state index in [4.69, 9.17) is 5.73 Å². The molecule has 0 amide bonds. The summed E-state index contributed by atoms with van der Waals surface area (Å²) >= 11 is 0. The molecule has 1 aromatic heterocycles. The number of nitrogens with zero attached hydrogens (tertiary/aromatic N) is 1. The standard InChI is InChI=1S/C12H18N2/c1-3-4-10-7-12(10,13)11-8-14-6-5-9(11)2/h5-6,8,10H,3-4,7,13H2,1-2H3. The van der Waals surface area contributed by atoms with Crippen molar-refractivity contribution in [2.75, 3.05) is 0 Å². The van der Waals surface area contributed by atoms with Crippen LogP contribution in [0.3, 0.4) is 0 Å². The number of nitrogens with two attached hydrogens (primary N) is 1. The minimum Gasteiger partial charge on any atom is -0.321 e. The molecule has 1 aromatic rings. The lowest BCUT2D eigenvalue weighted by atomic mass is 9.99. The number of rotatable bonds is 3. The molecule has 2 unspecified atom stereocenters. The number of pyridine rings is 1. The Morgan fingerprint density at radius 2 is 2.43 bits per heavy atom. The molecule has 0 aliphatic heterocycles. The van der Waals surface area contributed by atoms with E-state index < -0.39 is 0 Å². The summed E-state index contributed by atoms with van der Waals surface area (Å²) in [7, 11) is 0. The minimum absolute atomic E-state index is 0.0612. The largest absolute Gasteiger partial charge is 0.321 e. The van der Waals surface area contributed by atoms with Crippen LogP contribution >= 0.6 is 0 Å². The molecule has 0 spiro atoms. The Morgan fingerprint density at radius 3 is 3.07 bits per heavy atom. The summed E-state index contributed by atoms with van der Waals surface area (Å²) in [6.45, 7) is 4.34. The van der Waals surface area contributed by atoms with Crippen LogP contribution in [0.15, 0.2) is 18.5 Å². The molecule has 2 nitrogen and oxygen atoms in total. The second kappa shape index (κ2) is 3.35. The Labute approximate surface area is 85.5 Å². The zero-order valence-corrected chi connectivity index (χ0v) is 8.96. The van der Waals surface area contributed by atoms with Gasteiger partial charge in [0.2, 0.25) is 0 Å². The Kier molecular flexibility index (Phi) is 2.31. The predicted molar refractivity (Wildman–Crippen MR) is 57.9 cm³/mol. The van der Waals surface area contributed by atoms with Crippen LogP contribution < -0.4 is 5.73 Å². The molecule has 76 valence electrons. The van der Waals surface area contributed by atoms with Crippen molar-refractivity contribution >= 4 is 0 Å². The van der Waals surface area contributed by atoms with E-state index >= 15 is 0 Å². The summed E-state index contributed by atoms with van der Waals surface area (Å²) in [5, 5.41) is 0. The van der Waals surface area contributed by atoms with E-state index in [0.29, 0.717) is 5.92 Å². The number of aryl methyl sites for hydroxylation is 1. The fraction of sp³-hybridized carbons (Fsp3) is 0.583. The molecule has 0 radical (unpaired) electrons. The lowest BCUT2D eigenvalue weighted by Crippen LogP contribution is -2.23. The maximum atomic E-state index is 6.36. The molecule has 0 saturated heterocycles. The summed E-state index contributed by atoms with van der Waals surface area (Å²) in [6, 6.07) is 2.05. The molecule has 14 heavy (non-hydrogen) atoms. The lowest BCUT2D eigenvalue weighted by molar-refractivity contribution is 0.579. The molecule has 1 heterocycles. The molecular formula is C12H18N2. The maximum Gasteiger partial charge on any atom is 0.0460 e. The van der Waals surface area contributed by atoms with Crippen LogP contribution in [0.4, 0.5) is 0 Å². The third-order valence-corrected chi connectivity index (χ3v) is 3.33. The van der Waals surface area contributed by atoms with Gasteiger partial charge in [0.05, 0.1) is 0 Å². The molecule has 1 aliphatic carbocycles. The highest BCUT2D eigenvalue weighted by molar-refractivity contribution is 5.35. The van der Waals surface area contributed by atoms with Crippen LogP contribution in [0, 0.1) is 12.8 Å². The van der Waals surface area contributed by atoms with E-state index in [0.717, 1.165) is 6.42 Å². The van der Waals surface area contributed by atoms with Crippen molar-refractivity contribution in [2.24, 2.45) is 11.7 Å². The first kappa shape index (κ1) is 9.66. The summed E-state index contributed by atoms with van der Waals surface area (Å²) in [5.74, 6) is 0.676. The van der Waals surface area contributed by atoms with Crippen molar-refractivity contribution < 1.29 is 0 Å². The summed E-state index contributed by atoms with van der Waals surface area (Å²) < 4.78 is 0. The van der Waals surface area contributed by atoms with Gasteiger partial charge in [-0.3, -0.25) is 4.98 Å². The Bertz CT molecular complexity index is 335. The third-order valence-electron chi connectivity index (χ3n) is 3.33. The summed E-state index contributed by atoms with van der Waals surface area (Å²) in [6.07, 6.45) is 7.37. The number of hydrogen-bond acceptors (Lipinski definition) is 2. The lowest BCUT2D eigenvalue weighted by Gasteiger charge is -2.13. The highest BCUT2D eigenvalue weighted by atomic mass is 14.9. The van der Waals surface area contributed by atoms with Gasteiger partial charge >= 0.3 is 0 Å². The van der Waals surface area contributed by atoms with Gasteiger partial charge in [0.15, 0.2) is 0 Å². The molecular weight excluding hydrogens is 172 g/mol. The van der Waals surface area contributed by atoms with Gasteiger partial charge in [0, 0.05) is 17.9 Å². The van der Waals surface area contributed by atoms with Gasteiger partial charge in [-0.2, -0.15) is 0 Å². The van der Waals surface area contributed by atoms with E-state index in [1.807, 2.05) is 18.5 Å². The summed E-state index contributed by atoms with van der Waals surface area (Å²) in [4.78, 5) is 4.17. The van der Waals surface area contributed by atoms with Crippen LogP contribution in [0.2, 0.25) is 0 Å². The highest BCUT2D eigenvalue weighted by Crippen LogP contribution is 2.52. The fourth-order valence-corrected chi connectivity index (χ4v) is 2.34. The average Bonchev–Trinajstić information content (AvgIpc) is 2.79. The monoisotopic (exact) mass is 190 g/mol. The van der Waals surface area contributed by atoms with Gasteiger partial charge in [0.1, 0.15) is 0 Å². The zero-order chi connectivity index (χ0) is 10.2. The second-order valence-corrected chi connectivity index (χ2v) is 4.42. The van der Waals surface area contributed by atoms with Crippen LogP contribution in [0.5, 0.6) is 0 Å². The topological polar surface area (TPSA) is 38.9 Å². The van der Waals surface area contributed by atoms with Gasteiger partial charge in [-0.1, -0.05) is 13.3 Å². The predicted octanol–water partition coefficient (Wildman–Crippen LogP) is 2.36. The maximum absolute atomic E-state index is 6.36. The van der Waals surface area contributed by atoms with Crippen molar-refractivity contribution in [1.82, 2.24) is 4.98 Å². The van der Waals surface area contributed by atoms with Crippen molar-refractivity contribution in [1.29, 1.82) is 0 Å². The number of hydrogen-bond donors (Lipinski definition) is 1. The molecule has 2 rings (SSSR count). The van der Waals surface area contributed by atoms with Gasteiger partial charge in [-0.25, -0.2) is 0 Å². The normalized spacial score (nSPS) is 30.4. The summed E-state index contributed by atoms with van der Waals surface area (Å²) in [5.41, 5.74) is 8.83. The van der Waals surface area contributed by atoms with E-state index in [2.05, 4.69) is 18.8 Å². The molecule has 2 heteroatoms. The van der Waals surface area contributed by atoms with Gasteiger partial charge in [0.25, 0.3) is 0 Å². The quantitative estimate of drug-likeness (QED) is 0.794. The van der Waals surface area contributed by atoms with Crippen molar-refractivity contribution in [3.8, 4) is 0 Å². The first-order chi connectivity index (χ1) is 6.68. The van der Waals surface area contributed by atoms with Crippen molar-refractivity contribution in [2.45, 2.75) is 38.6 Å². The zero-order valence-electron chi connectivity index (χ0n) is 8.96. The Morgan fingerprint density at radius 1 is 1.64 bits per heavy atom. The molecule has 0 aromatic carbocycles. The average molecular weight is 190 g/mol. The Balaban J connectivity index is 2.21. The van der Waals surface area contributed by atoms with E-state index in [1.54, 1.807) is 0 Å². The van der Waals surface area contributed by atoms with Crippen LogP contribution in [-0.2, 0) is 5.54 Å². The van der Waals surface area contributed by atoms with Crippen molar-refractivity contribution in [3.05, 3.63) is 29.6 Å². The van der Waals surface area contributed by atoms with Crippen LogP contribution in [-0.4, -0.2) is 4.98 Å². The fourth-order valence-electron chi connectivity index (χ4n) is 2.34. The molecule has 1 fully saturated rings. The first-order valence-corrected chi connectivity index (χ1v) is 5.38. The molecule has 2 N–H and O–H groups in total. The van der Waals surface area contributed by atoms with Crippen LogP contribution in [0.25, 0.3) is 0 Å². The van der Waals surface area contributed by atoms with Gasteiger partial charge < -0.3 is 5.73 Å². The highest BCUT2D eigenvalue weighted by Gasteiger charge is 2.51. The van der Waals surface area contributed by atoms with Gasteiger partial charge in [-0.05, 0) is 42.9 Å². The van der Waals surface area contributed by atoms with E-state index in [9.17, 15) is 0 Å². The molecule has 1 aliphatic rings. The van der Waals surface area contributed by atoms with E-state index in [1.165, 1.54) is 24.0 Å².